The number of thioether (sulfide) groups is 1. The van der Waals surface area contributed by atoms with Crippen molar-refractivity contribution in [3.63, 3.8) is 0 Å². The van der Waals surface area contributed by atoms with Gasteiger partial charge in [-0.2, -0.15) is 0 Å². The molecule has 18 heavy (non-hydrogen) atoms. The normalized spacial score (nSPS) is 10.5. The average molecular weight is 263 g/mol. The third-order valence-corrected chi connectivity index (χ3v) is 3.23. The van der Waals surface area contributed by atoms with Crippen molar-refractivity contribution in [2.75, 3.05) is 19.4 Å². The van der Waals surface area contributed by atoms with Crippen molar-refractivity contribution < 1.29 is 9.15 Å². The van der Waals surface area contributed by atoms with E-state index in [0.29, 0.717) is 6.61 Å². The topological polar surface area (TPSA) is 34.4 Å². The van der Waals surface area contributed by atoms with Gasteiger partial charge in [-0.3, -0.25) is 0 Å². The minimum atomic E-state index is 0.652. The Hall–Kier alpha value is -1.39. The number of furan rings is 1. The van der Waals surface area contributed by atoms with Crippen LogP contribution in [0, 0.1) is 0 Å². The average Bonchev–Trinajstić information content (AvgIpc) is 2.92. The predicted octanol–water partition coefficient (Wildman–Crippen LogP) is 3.17. The first kappa shape index (κ1) is 13.1. The lowest BCUT2D eigenvalue weighted by Crippen LogP contribution is -2.20. The standard InChI is InChI=1S/C14H17NO2S/c1-18-14-6-4-12(5-7-14)17-10-8-15-11-13-3-2-9-16-13/h2-7,9,15H,8,10-11H2,1H3. The van der Waals surface area contributed by atoms with E-state index >= 15 is 0 Å². The van der Waals surface area contributed by atoms with Crippen LogP contribution in [0.1, 0.15) is 5.76 Å². The van der Waals surface area contributed by atoms with Gasteiger partial charge in [0.15, 0.2) is 0 Å². The van der Waals surface area contributed by atoms with Crippen LogP contribution in [-0.2, 0) is 6.54 Å². The zero-order valence-electron chi connectivity index (χ0n) is 10.4. The monoisotopic (exact) mass is 263 g/mol. The first-order chi connectivity index (χ1) is 8.88. The minimum Gasteiger partial charge on any atom is -0.492 e. The fourth-order valence-electron chi connectivity index (χ4n) is 1.54. The fraction of sp³-hybridized carbons (Fsp3) is 0.286. The van der Waals surface area contributed by atoms with Gasteiger partial charge >= 0.3 is 0 Å². The Balaban J connectivity index is 1.62. The van der Waals surface area contributed by atoms with Gasteiger partial charge in [0.25, 0.3) is 0 Å². The molecule has 1 aromatic heterocycles. The van der Waals surface area contributed by atoms with Crippen molar-refractivity contribution in [1.29, 1.82) is 0 Å². The first-order valence-corrected chi connectivity index (χ1v) is 7.11. The summed E-state index contributed by atoms with van der Waals surface area (Å²) < 4.78 is 10.8. The van der Waals surface area contributed by atoms with Crippen LogP contribution >= 0.6 is 11.8 Å². The number of benzene rings is 1. The number of nitrogens with one attached hydrogen (secondary N) is 1. The van der Waals surface area contributed by atoms with E-state index in [-0.39, 0.29) is 0 Å². The van der Waals surface area contributed by atoms with E-state index in [1.165, 1.54) is 4.90 Å². The highest BCUT2D eigenvalue weighted by atomic mass is 32.2. The Morgan fingerprint density at radius 3 is 2.72 bits per heavy atom. The van der Waals surface area contributed by atoms with E-state index in [9.17, 15) is 0 Å². The summed E-state index contributed by atoms with van der Waals surface area (Å²) in [5.41, 5.74) is 0. The molecule has 0 spiro atoms. The molecule has 0 amide bonds. The molecule has 1 N–H and O–H groups in total. The maximum absolute atomic E-state index is 5.62. The zero-order chi connectivity index (χ0) is 12.6. The molecular weight excluding hydrogens is 246 g/mol. The van der Waals surface area contributed by atoms with Gasteiger partial charge < -0.3 is 14.5 Å². The maximum atomic E-state index is 5.62. The second-order valence-corrected chi connectivity index (χ2v) is 4.66. The number of hydrogen-bond acceptors (Lipinski definition) is 4. The van der Waals surface area contributed by atoms with Crippen LogP contribution < -0.4 is 10.1 Å². The second-order valence-electron chi connectivity index (χ2n) is 3.78. The van der Waals surface area contributed by atoms with Gasteiger partial charge in [-0.05, 0) is 42.7 Å². The highest BCUT2D eigenvalue weighted by molar-refractivity contribution is 7.98. The summed E-state index contributed by atoms with van der Waals surface area (Å²) in [5, 5.41) is 3.26. The van der Waals surface area contributed by atoms with Crippen LogP contribution in [0.4, 0.5) is 0 Å². The fourth-order valence-corrected chi connectivity index (χ4v) is 1.95. The zero-order valence-corrected chi connectivity index (χ0v) is 11.2. The van der Waals surface area contributed by atoms with Crippen molar-refractivity contribution in [2.45, 2.75) is 11.4 Å². The highest BCUT2D eigenvalue weighted by Gasteiger charge is 1.96. The molecule has 0 atom stereocenters. The molecule has 2 rings (SSSR count). The minimum absolute atomic E-state index is 0.652. The molecule has 96 valence electrons. The summed E-state index contributed by atoms with van der Waals surface area (Å²) in [6, 6.07) is 12.0. The molecule has 1 heterocycles. The molecule has 0 aliphatic carbocycles. The van der Waals surface area contributed by atoms with Gasteiger partial charge in [0.2, 0.25) is 0 Å². The molecule has 0 fully saturated rings. The van der Waals surface area contributed by atoms with Gasteiger partial charge in [-0.25, -0.2) is 0 Å². The third kappa shape index (κ3) is 4.13. The molecular formula is C14H17NO2S. The quantitative estimate of drug-likeness (QED) is 0.614. The van der Waals surface area contributed by atoms with Crippen LogP contribution in [0.3, 0.4) is 0 Å². The van der Waals surface area contributed by atoms with Crippen LogP contribution in [0.15, 0.2) is 52.0 Å². The lowest BCUT2D eigenvalue weighted by Gasteiger charge is -2.07. The van der Waals surface area contributed by atoms with Crippen LogP contribution in [-0.4, -0.2) is 19.4 Å². The van der Waals surface area contributed by atoms with E-state index < -0.39 is 0 Å². The molecule has 0 aliphatic heterocycles. The van der Waals surface area contributed by atoms with Crippen LogP contribution in [0.25, 0.3) is 0 Å². The summed E-state index contributed by atoms with van der Waals surface area (Å²) in [5.74, 6) is 1.85. The Morgan fingerprint density at radius 2 is 2.06 bits per heavy atom. The summed E-state index contributed by atoms with van der Waals surface area (Å²) >= 11 is 1.73. The highest BCUT2D eigenvalue weighted by Crippen LogP contribution is 2.18. The summed E-state index contributed by atoms with van der Waals surface area (Å²) in [7, 11) is 0. The van der Waals surface area contributed by atoms with Crippen molar-refractivity contribution in [3.8, 4) is 5.75 Å². The van der Waals surface area contributed by atoms with Gasteiger partial charge in [0.1, 0.15) is 18.1 Å². The van der Waals surface area contributed by atoms with E-state index in [4.69, 9.17) is 9.15 Å². The Labute approximate surface area is 112 Å². The Bertz CT molecular complexity index is 439. The summed E-state index contributed by atoms with van der Waals surface area (Å²) in [6.45, 7) is 2.19. The van der Waals surface area contributed by atoms with E-state index in [2.05, 4.69) is 23.7 Å². The van der Waals surface area contributed by atoms with E-state index in [1.807, 2.05) is 24.3 Å². The number of hydrogen-bond donors (Lipinski definition) is 1. The smallest absolute Gasteiger partial charge is 0.119 e. The van der Waals surface area contributed by atoms with Gasteiger partial charge in [-0.15, -0.1) is 11.8 Å². The number of ether oxygens (including phenoxy) is 1. The Kier molecular flexibility index (Phi) is 5.17. The Morgan fingerprint density at radius 1 is 1.22 bits per heavy atom. The van der Waals surface area contributed by atoms with Crippen molar-refractivity contribution in [2.24, 2.45) is 0 Å². The molecule has 0 saturated heterocycles. The van der Waals surface area contributed by atoms with E-state index in [0.717, 1.165) is 24.6 Å². The molecule has 0 aliphatic rings. The molecule has 4 heteroatoms. The SMILES string of the molecule is CSc1ccc(OCCNCc2ccco2)cc1. The van der Waals surface area contributed by atoms with Crippen molar-refractivity contribution in [1.82, 2.24) is 5.32 Å². The molecule has 0 saturated carbocycles. The van der Waals surface area contributed by atoms with Crippen molar-refractivity contribution in [3.05, 3.63) is 48.4 Å². The lowest BCUT2D eigenvalue weighted by atomic mass is 10.3. The molecule has 3 nitrogen and oxygen atoms in total. The van der Waals surface area contributed by atoms with Crippen LogP contribution in [0.5, 0.6) is 5.75 Å². The molecule has 1 aromatic carbocycles. The van der Waals surface area contributed by atoms with Crippen LogP contribution in [0.2, 0.25) is 0 Å². The summed E-state index contributed by atoms with van der Waals surface area (Å²) in [4.78, 5) is 1.25. The van der Waals surface area contributed by atoms with E-state index in [1.54, 1.807) is 18.0 Å². The molecule has 2 aromatic rings. The second kappa shape index (κ2) is 7.13. The predicted molar refractivity (Wildman–Crippen MR) is 74.1 cm³/mol. The lowest BCUT2D eigenvalue weighted by molar-refractivity contribution is 0.311. The van der Waals surface area contributed by atoms with Gasteiger partial charge in [0, 0.05) is 11.4 Å². The molecule has 0 radical (unpaired) electrons. The molecule has 0 unspecified atom stereocenters. The largest absolute Gasteiger partial charge is 0.492 e. The third-order valence-electron chi connectivity index (χ3n) is 2.49. The first-order valence-electron chi connectivity index (χ1n) is 5.88. The summed E-state index contributed by atoms with van der Waals surface area (Å²) in [6.07, 6.45) is 3.75. The van der Waals surface area contributed by atoms with Gasteiger partial charge in [-0.1, -0.05) is 0 Å². The molecule has 0 bridgehead atoms. The maximum Gasteiger partial charge on any atom is 0.119 e. The van der Waals surface area contributed by atoms with Gasteiger partial charge in [0.05, 0.1) is 12.8 Å². The number of rotatable bonds is 7. The van der Waals surface area contributed by atoms with Crippen molar-refractivity contribution >= 4 is 11.8 Å².